The molecule has 0 saturated carbocycles. The first-order valence-corrected chi connectivity index (χ1v) is 7.03. The summed E-state index contributed by atoms with van der Waals surface area (Å²) in [5, 5.41) is 4.62. The number of carbonyl (C=O) groups is 1. The number of hydrogen-bond donors (Lipinski definition) is 1. The molecule has 2 aromatic rings. The molecule has 0 aliphatic heterocycles. The maximum Gasteiger partial charge on any atom is 0.287 e. The van der Waals surface area contributed by atoms with Crippen molar-refractivity contribution < 1.29 is 9.21 Å². The Hall–Kier alpha value is -1.26. The van der Waals surface area contributed by atoms with Crippen molar-refractivity contribution in [3.05, 3.63) is 46.0 Å². The number of halogens is 1. The fourth-order valence-electron chi connectivity index (χ4n) is 1.53. The van der Waals surface area contributed by atoms with Crippen molar-refractivity contribution in [1.29, 1.82) is 0 Å². The van der Waals surface area contributed by atoms with Crippen LogP contribution in [0.1, 0.15) is 33.5 Å². The van der Waals surface area contributed by atoms with E-state index in [2.05, 4.69) is 11.4 Å². The molecule has 18 heavy (non-hydrogen) atoms. The molecule has 2 rings (SSSR count). The third-order valence-electron chi connectivity index (χ3n) is 2.48. The van der Waals surface area contributed by atoms with Crippen LogP contribution >= 0.6 is 22.9 Å². The highest BCUT2D eigenvalue weighted by atomic mass is 35.5. The van der Waals surface area contributed by atoms with E-state index >= 15 is 0 Å². The number of thiophene rings is 1. The van der Waals surface area contributed by atoms with Crippen molar-refractivity contribution in [2.24, 2.45) is 0 Å². The maximum atomic E-state index is 11.8. The number of rotatable bonds is 5. The van der Waals surface area contributed by atoms with Gasteiger partial charge in [-0.25, -0.2) is 0 Å². The summed E-state index contributed by atoms with van der Waals surface area (Å²) in [4.78, 5) is 13.0. The average Bonchev–Trinajstić information content (AvgIpc) is 2.99. The summed E-state index contributed by atoms with van der Waals surface area (Å²) in [5.41, 5.74) is 0. The summed E-state index contributed by atoms with van der Waals surface area (Å²) in [6.07, 6.45) is 0.836. The van der Waals surface area contributed by atoms with Crippen LogP contribution in [0, 0.1) is 0 Å². The minimum absolute atomic E-state index is 0.199. The second-order valence-electron chi connectivity index (χ2n) is 3.90. The van der Waals surface area contributed by atoms with Gasteiger partial charge in [0.2, 0.25) is 0 Å². The predicted molar refractivity (Wildman–Crippen MR) is 73.3 cm³/mol. The summed E-state index contributed by atoms with van der Waals surface area (Å²) in [7, 11) is 0. The molecule has 0 spiro atoms. The van der Waals surface area contributed by atoms with Gasteiger partial charge >= 0.3 is 0 Å². The van der Waals surface area contributed by atoms with Crippen LogP contribution in [0.2, 0.25) is 0 Å². The van der Waals surface area contributed by atoms with E-state index in [0.717, 1.165) is 6.42 Å². The molecule has 0 radical (unpaired) electrons. The van der Waals surface area contributed by atoms with Crippen LogP contribution in [0.5, 0.6) is 0 Å². The molecule has 1 atom stereocenters. The molecule has 3 nitrogen and oxygen atoms in total. The molecule has 0 aromatic carbocycles. The maximum absolute atomic E-state index is 11.8. The average molecular weight is 284 g/mol. The van der Waals surface area contributed by atoms with E-state index in [-0.39, 0.29) is 11.3 Å². The van der Waals surface area contributed by atoms with Crippen molar-refractivity contribution in [1.82, 2.24) is 5.32 Å². The summed E-state index contributed by atoms with van der Waals surface area (Å²) in [5.74, 6) is 0.721. The summed E-state index contributed by atoms with van der Waals surface area (Å²) < 4.78 is 5.35. The van der Waals surface area contributed by atoms with E-state index in [0.29, 0.717) is 18.1 Å². The Kier molecular flexibility index (Phi) is 4.44. The monoisotopic (exact) mass is 283 g/mol. The minimum atomic E-state index is -0.224. The zero-order chi connectivity index (χ0) is 13.0. The first-order chi connectivity index (χ1) is 8.66. The summed E-state index contributed by atoms with van der Waals surface area (Å²) in [6, 6.07) is 7.43. The highest BCUT2D eigenvalue weighted by Crippen LogP contribution is 2.21. The van der Waals surface area contributed by atoms with Crippen LogP contribution in [0.25, 0.3) is 0 Å². The molecule has 2 aromatic heterocycles. The molecule has 0 saturated heterocycles. The Morgan fingerprint density at radius 1 is 1.50 bits per heavy atom. The largest absolute Gasteiger partial charge is 0.454 e. The lowest BCUT2D eigenvalue weighted by atomic mass is 10.3. The van der Waals surface area contributed by atoms with Gasteiger partial charge in [-0.15, -0.1) is 22.9 Å². The van der Waals surface area contributed by atoms with Gasteiger partial charge in [-0.3, -0.25) is 4.79 Å². The van der Waals surface area contributed by atoms with E-state index < -0.39 is 0 Å². The SMILES string of the molecule is CC(Cl)c1ccc(C(=O)NCCc2cccs2)o1. The number of furan rings is 1. The van der Waals surface area contributed by atoms with Crippen molar-refractivity contribution in [3.8, 4) is 0 Å². The summed E-state index contributed by atoms with van der Waals surface area (Å²) >= 11 is 7.56. The third-order valence-corrected chi connectivity index (χ3v) is 3.63. The molecule has 1 N–H and O–H groups in total. The van der Waals surface area contributed by atoms with E-state index in [9.17, 15) is 4.79 Å². The van der Waals surface area contributed by atoms with E-state index in [1.165, 1.54) is 4.88 Å². The molecule has 0 bridgehead atoms. The Bertz CT molecular complexity index is 505. The molecule has 96 valence electrons. The van der Waals surface area contributed by atoms with Crippen molar-refractivity contribution in [3.63, 3.8) is 0 Å². The molecule has 1 amide bonds. The predicted octanol–water partition coefficient (Wildman–Crippen LogP) is 3.61. The first-order valence-electron chi connectivity index (χ1n) is 5.71. The van der Waals surface area contributed by atoms with Crippen LogP contribution in [-0.2, 0) is 6.42 Å². The number of amides is 1. The highest BCUT2D eigenvalue weighted by Gasteiger charge is 2.13. The molecular weight excluding hydrogens is 270 g/mol. The van der Waals surface area contributed by atoms with Gasteiger partial charge in [0, 0.05) is 11.4 Å². The van der Waals surface area contributed by atoms with Gasteiger partial charge in [-0.05, 0) is 36.9 Å². The Balaban J connectivity index is 1.83. The molecule has 0 aliphatic rings. The highest BCUT2D eigenvalue weighted by molar-refractivity contribution is 7.09. The van der Waals surface area contributed by atoms with Crippen LogP contribution < -0.4 is 5.32 Å². The van der Waals surface area contributed by atoms with E-state index in [4.69, 9.17) is 16.0 Å². The number of nitrogens with one attached hydrogen (secondary N) is 1. The number of alkyl halides is 1. The lowest BCUT2D eigenvalue weighted by Gasteiger charge is -2.02. The van der Waals surface area contributed by atoms with Crippen LogP contribution in [0.3, 0.4) is 0 Å². The van der Waals surface area contributed by atoms with E-state index in [1.54, 1.807) is 30.4 Å². The normalized spacial score (nSPS) is 12.3. The van der Waals surface area contributed by atoms with E-state index in [1.807, 2.05) is 11.4 Å². The molecule has 1 unspecified atom stereocenters. The van der Waals surface area contributed by atoms with Crippen molar-refractivity contribution in [2.45, 2.75) is 18.7 Å². The fourth-order valence-corrected chi connectivity index (χ4v) is 2.36. The van der Waals surface area contributed by atoms with Gasteiger partial charge in [0.1, 0.15) is 5.76 Å². The number of carbonyl (C=O) groups excluding carboxylic acids is 1. The third kappa shape index (κ3) is 3.37. The quantitative estimate of drug-likeness (QED) is 0.852. The van der Waals surface area contributed by atoms with Crippen molar-refractivity contribution in [2.75, 3.05) is 6.54 Å². The Morgan fingerprint density at radius 3 is 2.94 bits per heavy atom. The fraction of sp³-hybridized carbons (Fsp3) is 0.308. The van der Waals surface area contributed by atoms with Gasteiger partial charge in [0.05, 0.1) is 5.38 Å². The van der Waals surface area contributed by atoms with Gasteiger partial charge in [0.15, 0.2) is 5.76 Å². The molecule has 5 heteroatoms. The lowest BCUT2D eigenvalue weighted by molar-refractivity contribution is 0.0925. The summed E-state index contributed by atoms with van der Waals surface area (Å²) in [6.45, 7) is 2.41. The topological polar surface area (TPSA) is 42.2 Å². The Morgan fingerprint density at radius 2 is 2.33 bits per heavy atom. The first kappa shape index (κ1) is 13.2. The zero-order valence-corrected chi connectivity index (χ0v) is 11.6. The van der Waals surface area contributed by atoms with Gasteiger partial charge in [-0.1, -0.05) is 6.07 Å². The molecule has 2 heterocycles. The number of hydrogen-bond acceptors (Lipinski definition) is 3. The van der Waals surface area contributed by atoms with Gasteiger partial charge in [0.25, 0.3) is 5.91 Å². The van der Waals surface area contributed by atoms with Crippen LogP contribution in [-0.4, -0.2) is 12.5 Å². The Labute approximate surface area is 115 Å². The second kappa shape index (κ2) is 6.07. The molecule has 0 fully saturated rings. The molecule has 0 aliphatic carbocycles. The van der Waals surface area contributed by atoms with Gasteiger partial charge in [-0.2, -0.15) is 0 Å². The minimum Gasteiger partial charge on any atom is -0.454 e. The van der Waals surface area contributed by atoms with Crippen molar-refractivity contribution >= 4 is 28.8 Å². The zero-order valence-electron chi connectivity index (χ0n) is 9.98. The smallest absolute Gasteiger partial charge is 0.287 e. The standard InChI is InChI=1S/C13H14ClNO2S/c1-9(14)11-4-5-12(17-11)13(16)15-7-6-10-3-2-8-18-10/h2-5,8-9H,6-7H2,1H3,(H,15,16). The second-order valence-corrected chi connectivity index (χ2v) is 5.59. The molecular formula is C13H14ClNO2S. The van der Waals surface area contributed by atoms with Crippen LogP contribution in [0.15, 0.2) is 34.1 Å². The van der Waals surface area contributed by atoms with Crippen LogP contribution in [0.4, 0.5) is 0 Å². The lowest BCUT2D eigenvalue weighted by Crippen LogP contribution is -2.25. The van der Waals surface area contributed by atoms with Gasteiger partial charge < -0.3 is 9.73 Å².